The van der Waals surface area contributed by atoms with Crippen LogP contribution in [0, 0.1) is 0 Å². The first-order valence-corrected chi connectivity index (χ1v) is 10.5. The summed E-state index contributed by atoms with van der Waals surface area (Å²) in [4.78, 5) is 95.1. The van der Waals surface area contributed by atoms with Gasteiger partial charge in [-0.1, -0.05) is 0 Å². The number of imide groups is 1. The Balaban J connectivity index is 2.07. The summed E-state index contributed by atoms with van der Waals surface area (Å²) < 4.78 is 5.45. The summed E-state index contributed by atoms with van der Waals surface area (Å²) in [5.41, 5.74) is 0.891. The van der Waals surface area contributed by atoms with Gasteiger partial charge in [0.2, 0.25) is 17.4 Å². The highest BCUT2D eigenvalue weighted by Gasteiger charge is 2.76. The fourth-order valence-corrected chi connectivity index (χ4v) is 4.64. The smallest absolute Gasteiger partial charge is 0.367 e. The van der Waals surface area contributed by atoms with Gasteiger partial charge in [-0.15, -0.1) is 5.06 Å². The molecular formula is C20H26N4O9. The van der Waals surface area contributed by atoms with Crippen LogP contribution in [-0.2, 0) is 43.1 Å². The molecule has 1 saturated carbocycles. The standard InChI is InChI=1S/C20H26N4O9/c1-10(21)16(29)22-11(2)17(30)23-9-8-19(32-3)12(25)4-5-13(26)20(19,23)18(31)33-24-14(27)6-7-15(24)28/h10-11H,4-9,21H2,1-3H3,(H,22,29)/t10-,11-,19?,20+/m0/s1. The van der Waals surface area contributed by atoms with E-state index in [0.29, 0.717) is 0 Å². The highest BCUT2D eigenvalue weighted by molar-refractivity contribution is 6.21. The van der Waals surface area contributed by atoms with Gasteiger partial charge in [0, 0.05) is 45.8 Å². The highest BCUT2D eigenvalue weighted by Crippen LogP contribution is 2.48. The van der Waals surface area contributed by atoms with Crippen molar-refractivity contribution in [2.75, 3.05) is 13.7 Å². The van der Waals surface area contributed by atoms with Crippen LogP contribution in [0.2, 0.25) is 0 Å². The van der Waals surface area contributed by atoms with Crippen molar-refractivity contribution in [3.05, 3.63) is 0 Å². The average molecular weight is 466 g/mol. The van der Waals surface area contributed by atoms with Crippen LogP contribution in [0.25, 0.3) is 0 Å². The number of nitrogens with two attached hydrogens (primary N) is 1. The molecule has 4 atom stereocenters. The fraction of sp³-hybridized carbons (Fsp3) is 0.650. The Kier molecular flexibility index (Phi) is 6.40. The normalized spacial score (nSPS) is 29.1. The molecule has 0 bridgehead atoms. The van der Waals surface area contributed by atoms with E-state index in [-0.39, 0.29) is 43.7 Å². The third-order valence-corrected chi connectivity index (χ3v) is 6.34. The number of hydrogen-bond acceptors (Lipinski definition) is 10. The predicted molar refractivity (Wildman–Crippen MR) is 106 cm³/mol. The Morgan fingerprint density at radius 2 is 1.58 bits per heavy atom. The molecule has 2 heterocycles. The molecule has 13 heteroatoms. The maximum atomic E-state index is 13.5. The van der Waals surface area contributed by atoms with E-state index in [1.165, 1.54) is 13.8 Å². The molecule has 180 valence electrons. The number of rotatable bonds is 6. The molecule has 3 N–H and O–H groups in total. The number of nitrogens with one attached hydrogen (secondary N) is 1. The molecule has 0 spiro atoms. The number of amides is 4. The Labute approximate surface area is 188 Å². The van der Waals surface area contributed by atoms with Crippen LogP contribution in [0.1, 0.15) is 46.0 Å². The SMILES string of the molecule is COC12CCN(C(=O)[C@H](C)NC(=O)[C@H](C)N)[C@@]1(C(=O)ON1C(=O)CCC1=O)C(=O)CCC2=O. The highest BCUT2D eigenvalue weighted by atomic mass is 16.7. The maximum Gasteiger partial charge on any atom is 0.369 e. The van der Waals surface area contributed by atoms with Crippen LogP contribution in [0.4, 0.5) is 0 Å². The fourth-order valence-electron chi connectivity index (χ4n) is 4.64. The van der Waals surface area contributed by atoms with E-state index in [1.807, 2.05) is 0 Å². The summed E-state index contributed by atoms with van der Waals surface area (Å²) in [7, 11) is 1.12. The number of Topliss-reactive ketones (excluding diaryl/α,β-unsaturated/α-hetero) is 2. The molecule has 3 rings (SSSR count). The van der Waals surface area contributed by atoms with Gasteiger partial charge >= 0.3 is 5.97 Å². The number of hydrogen-bond donors (Lipinski definition) is 2. The average Bonchev–Trinajstić information content (AvgIpc) is 3.30. The number of carbonyl (C=O) groups is 7. The number of likely N-dealkylation sites (tertiary alicyclic amines) is 1. The Hall–Kier alpha value is -3.19. The van der Waals surface area contributed by atoms with Gasteiger partial charge in [0.05, 0.1) is 6.04 Å². The van der Waals surface area contributed by atoms with E-state index < -0.39 is 64.4 Å². The zero-order chi connectivity index (χ0) is 24.7. The van der Waals surface area contributed by atoms with Gasteiger partial charge in [0.1, 0.15) is 6.04 Å². The molecule has 13 nitrogen and oxygen atoms in total. The number of ether oxygens (including phenoxy) is 1. The van der Waals surface area contributed by atoms with Crippen molar-refractivity contribution in [1.82, 2.24) is 15.3 Å². The van der Waals surface area contributed by atoms with Gasteiger partial charge in [0.15, 0.2) is 17.2 Å². The lowest BCUT2D eigenvalue weighted by Crippen LogP contribution is -2.75. The third kappa shape index (κ3) is 3.51. The molecule has 1 aliphatic carbocycles. The van der Waals surface area contributed by atoms with Crippen LogP contribution >= 0.6 is 0 Å². The monoisotopic (exact) mass is 466 g/mol. The number of nitrogens with zero attached hydrogens (tertiary/aromatic N) is 2. The summed E-state index contributed by atoms with van der Waals surface area (Å²) in [5.74, 6) is -5.96. The van der Waals surface area contributed by atoms with Gasteiger partial charge in [0.25, 0.3) is 11.8 Å². The van der Waals surface area contributed by atoms with E-state index in [4.69, 9.17) is 15.3 Å². The van der Waals surface area contributed by atoms with Crippen molar-refractivity contribution >= 4 is 41.2 Å². The lowest BCUT2D eigenvalue weighted by Gasteiger charge is -2.46. The van der Waals surface area contributed by atoms with E-state index in [9.17, 15) is 33.6 Å². The summed E-state index contributed by atoms with van der Waals surface area (Å²) in [6, 6.07) is -2.15. The molecule has 2 saturated heterocycles. The topological polar surface area (TPSA) is 182 Å². The van der Waals surface area contributed by atoms with Crippen LogP contribution < -0.4 is 11.1 Å². The van der Waals surface area contributed by atoms with Crippen LogP contribution in [0.5, 0.6) is 0 Å². The second-order valence-electron chi connectivity index (χ2n) is 8.31. The number of methoxy groups -OCH3 is 1. The van der Waals surface area contributed by atoms with Crippen molar-refractivity contribution in [3.63, 3.8) is 0 Å². The largest absolute Gasteiger partial charge is 0.369 e. The molecule has 0 aromatic rings. The van der Waals surface area contributed by atoms with E-state index in [0.717, 1.165) is 12.0 Å². The molecule has 1 unspecified atom stereocenters. The molecule has 0 radical (unpaired) electrons. The minimum absolute atomic E-state index is 0.190. The Morgan fingerprint density at radius 3 is 2.12 bits per heavy atom. The summed E-state index contributed by atoms with van der Waals surface area (Å²) in [6.45, 7) is 2.49. The zero-order valence-electron chi connectivity index (χ0n) is 18.5. The van der Waals surface area contributed by atoms with Crippen molar-refractivity contribution < 1.29 is 43.1 Å². The molecule has 2 aliphatic heterocycles. The van der Waals surface area contributed by atoms with Crippen LogP contribution in [0.15, 0.2) is 0 Å². The number of carbonyl (C=O) groups excluding carboxylic acids is 7. The third-order valence-electron chi connectivity index (χ3n) is 6.34. The maximum absolute atomic E-state index is 13.5. The Morgan fingerprint density at radius 1 is 1.00 bits per heavy atom. The van der Waals surface area contributed by atoms with Crippen LogP contribution in [-0.4, -0.2) is 88.0 Å². The summed E-state index contributed by atoms with van der Waals surface area (Å²) in [6.07, 6.45) is -1.19. The quantitative estimate of drug-likeness (QED) is 0.320. The van der Waals surface area contributed by atoms with Gasteiger partial charge < -0.3 is 25.5 Å². The lowest BCUT2D eigenvalue weighted by molar-refractivity contribution is -0.216. The van der Waals surface area contributed by atoms with E-state index >= 15 is 0 Å². The molecule has 3 fully saturated rings. The summed E-state index contributed by atoms with van der Waals surface area (Å²) >= 11 is 0. The van der Waals surface area contributed by atoms with Gasteiger partial charge in [-0.05, 0) is 13.8 Å². The van der Waals surface area contributed by atoms with Crippen LogP contribution in [0.3, 0.4) is 0 Å². The van der Waals surface area contributed by atoms with Gasteiger partial charge in [-0.25, -0.2) is 4.79 Å². The Bertz CT molecular complexity index is 932. The minimum Gasteiger partial charge on any atom is -0.367 e. The second kappa shape index (κ2) is 8.63. The van der Waals surface area contributed by atoms with Crippen molar-refractivity contribution in [3.8, 4) is 0 Å². The zero-order valence-corrected chi connectivity index (χ0v) is 18.5. The molecule has 0 aromatic heterocycles. The molecular weight excluding hydrogens is 440 g/mol. The molecule has 33 heavy (non-hydrogen) atoms. The van der Waals surface area contributed by atoms with E-state index in [1.54, 1.807) is 0 Å². The number of ketones is 2. The van der Waals surface area contributed by atoms with Crippen molar-refractivity contribution in [1.29, 1.82) is 0 Å². The summed E-state index contributed by atoms with van der Waals surface area (Å²) in [5, 5.41) is 2.63. The first kappa shape index (κ1) is 24.5. The molecule has 3 aliphatic rings. The number of hydroxylamine groups is 2. The first-order chi connectivity index (χ1) is 15.4. The second-order valence-corrected chi connectivity index (χ2v) is 8.31. The van der Waals surface area contributed by atoms with Crippen molar-refractivity contribution in [2.45, 2.75) is 69.2 Å². The van der Waals surface area contributed by atoms with E-state index in [2.05, 4.69) is 5.32 Å². The first-order valence-electron chi connectivity index (χ1n) is 10.5. The molecule has 0 aromatic carbocycles. The number of fused-ring (bicyclic) bond motifs is 1. The van der Waals surface area contributed by atoms with Gasteiger partial charge in [-0.3, -0.25) is 28.8 Å². The lowest BCUT2D eigenvalue weighted by atomic mass is 9.67. The molecule has 4 amide bonds. The van der Waals surface area contributed by atoms with Gasteiger partial charge in [-0.2, -0.15) is 0 Å². The van der Waals surface area contributed by atoms with Crippen molar-refractivity contribution in [2.24, 2.45) is 5.73 Å². The minimum atomic E-state index is -2.56. The predicted octanol–water partition coefficient (Wildman–Crippen LogP) is -2.27.